The lowest BCUT2D eigenvalue weighted by Gasteiger charge is -2.30. The van der Waals surface area contributed by atoms with E-state index in [4.69, 9.17) is 25.8 Å². The van der Waals surface area contributed by atoms with E-state index in [2.05, 4.69) is 10.2 Å². The molecule has 1 aliphatic rings. The van der Waals surface area contributed by atoms with Crippen LogP contribution in [0.2, 0.25) is 5.02 Å². The Morgan fingerprint density at radius 3 is 2.58 bits per heavy atom. The minimum absolute atomic E-state index is 0. The van der Waals surface area contributed by atoms with E-state index in [-0.39, 0.29) is 31.5 Å². The van der Waals surface area contributed by atoms with Gasteiger partial charge in [0.1, 0.15) is 5.75 Å². The van der Waals surface area contributed by atoms with E-state index in [0.717, 1.165) is 11.3 Å². The van der Waals surface area contributed by atoms with E-state index in [1.165, 1.54) is 0 Å². The Morgan fingerprint density at radius 2 is 1.90 bits per heavy atom. The van der Waals surface area contributed by atoms with Gasteiger partial charge in [0.25, 0.3) is 5.91 Å². The normalized spacial score (nSPS) is 13.2. The van der Waals surface area contributed by atoms with Crippen LogP contribution in [-0.2, 0) is 14.3 Å². The molecule has 1 aliphatic heterocycles. The number of hydrogen-bond acceptors (Lipinski definition) is 6. The average Bonchev–Trinajstić information content (AvgIpc) is 2.75. The maximum absolute atomic E-state index is 12.5. The lowest BCUT2D eigenvalue weighted by atomic mass is 10.1. The van der Waals surface area contributed by atoms with Gasteiger partial charge in [0.15, 0.2) is 6.61 Å². The molecule has 0 saturated carbocycles. The Morgan fingerprint density at radius 1 is 1.16 bits per heavy atom. The molecular weight excluding hydrogens is 443 g/mol. The van der Waals surface area contributed by atoms with Gasteiger partial charge >= 0.3 is 5.97 Å². The van der Waals surface area contributed by atoms with E-state index < -0.39 is 5.97 Å². The summed E-state index contributed by atoms with van der Waals surface area (Å²) in [6.07, 6.45) is 0. The second-order valence-electron chi connectivity index (χ2n) is 6.80. The van der Waals surface area contributed by atoms with Crippen molar-refractivity contribution in [3.63, 3.8) is 0 Å². The number of nitrogens with one attached hydrogen (secondary N) is 1. The number of carbonyl (C=O) groups is 2. The minimum Gasteiger partial charge on any atom is -0.484 e. The van der Waals surface area contributed by atoms with Crippen LogP contribution in [0.25, 0.3) is 0 Å². The SMILES string of the molecule is CCOC(=O)c1cc(NC(=O)COc2ccc(Cl)c(C)c2)ccc1N1CCOCC1.Cl. The molecule has 1 saturated heterocycles. The molecule has 0 spiro atoms. The Labute approximate surface area is 193 Å². The Bertz CT molecular complexity index is 917. The maximum Gasteiger partial charge on any atom is 0.340 e. The average molecular weight is 469 g/mol. The smallest absolute Gasteiger partial charge is 0.340 e. The second kappa shape index (κ2) is 11.8. The number of benzene rings is 2. The molecule has 2 aromatic carbocycles. The number of nitrogens with zero attached hydrogens (tertiary/aromatic N) is 1. The van der Waals surface area contributed by atoms with Crippen LogP contribution in [0.3, 0.4) is 0 Å². The summed E-state index contributed by atoms with van der Waals surface area (Å²) >= 11 is 6.00. The number of carbonyl (C=O) groups excluding carboxylic acids is 2. The Kier molecular flexibility index (Phi) is 9.43. The van der Waals surface area contributed by atoms with E-state index in [1.54, 1.807) is 37.3 Å². The topological polar surface area (TPSA) is 77.1 Å². The zero-order valence-electron chi connectivity index (χ0n) is 17.5. The number of hydrogen-bond donors (Lipinski definition) is 1. The fraction of sp³-hybridized carbons (Fsp3) is 0.364. The number of rotatable bonds is 7. The van der Waals surface area contributed by atoms with Crippen molar-refractivity contribution in [2.24, 2.45) is 0 Å². The van der Waals surface area contributed by atoms with E-state index >= 15 is 0 Å². The highest BCUT2D eigenvalue weighted by Gasteiger charge is 2.20. The molecule has 168 valence electrons. The molecule has 0 bridgehead atoms. The summed E-state index contributed by atoms with van der Waals surface area (Å²) in [6, 6.07) is 10.4. The molecule has 1 N–H and O–H groups in total. The molecule has 0 radical (unpaired) electrons. The van der Waals surface area contributed by atoms with Gasteiger partial charge in [-0.2, -0.15) is 0 Å². The summed E-state index contributed by atoms with van der Waals surface area (Å²) in [6.45, 7) is 6.30. The highest BCUT2D eigenvalue weighted by molar-refractivity contribution is 6.31. The number of aryl methyl sites for hydroxylation is 1. The van der Waals surface area contributed by atoms with Crippen molar-refractivity contribution in [3.05, 3.63) is 52.5 Å². The van der Waals surface area contributed by atoms with Crippen molar-refractivity contribution in [1.82, 2.24) is 0 Å². The highest BCUT2D eigenvalue weighted by Crippen LogP contribution is 2.26. The van der Waals surface area contributed by atoms with Gasteiger partial charge in [-0.25, -0.2) is 4.79 Å². The Hall–Kier alpha value is -2.48. The van der Waals surface area contributed by atoms with E-state index in [0.29, 0.717) is 48.3 Å². The van der Waals surface area contributed by atoms with Gasteiger partial charge in [0, 0.05) is 23.8 Å². The molecular formula is C22H26Cl2N2O5. The predicted octanol–water partition coefficient (Wildman–Crippen LogP) is 4.10. The third kappa shape index (κ3) is 6.75. The van der Waals surface area contributed by atoms with Crippen molar-refractivity contribution >= 4 is 47.3 Å². The highest BCUT2D eigenvalue weighted by atomic mass is 35.5. The zero-order chi connectivity index (χ0) is 21.5. The summed E-state index contributed by atoms with van der Waals surface area (Å²) in [5.74, 6) is -0.207. The minimum atomic E-state index is -0.428. The second-order valence-corrected chi connectivity index (χ2v) is 7.21. The van der Waals surface area contributed by atoms with Gasteiger partial charge in [-0.3, -0.25) is 4.79 Å². The van der Waals surface area contributed by atoms with E-state index in [9.17, 15) is 9.59 Å². The summed E-state index contributed by atoms with van der Waals surface area (Å²) < 4.78 is 16.1. The molecule has 3 rings (SSSR count). The fourth-order valence-electron chi connectivity index (χ4n) is 3.12. The van der Waals surface area contributed by atoms with Gasteiger partial charge < -0.3 is 24.4 Å². The number of esters is 1. The number of amides is 1. The maximum atomic E-state index is 12.5. The first-order valence-electron chi connectivity index (χ1n) is 9.80. The summed E-state index contributed by atoms with van der Waals surface area (Å²) in [4.78, 5) is 26.9. The standard InChI is InChI=1S/C22H25ClN2O5.ClH/c1-3-29-22(27)18-13-16(4-7-20(18)25-8-10-28-11-9-25)24-21(26)14-30-17-5-6-19(23)15(2)12-17;/h4-7,12-13H,3,8-11,14H2,1-2H3,(H,24,26);1H. The summed E-state index contributed by atoms with van der Waals surface area (Å²) in [5.41, 5.74) is 2.54. The van der Waals surface area contributed by atoms with Crippen LogP contribution in [-0.4, -0.2) is 51.4 Å². The lowest BCUT2D eigenvalue weighted by molar-refractivity contribution is -0.118. The first-order valence-corrected chi connectivity index (χ1v) is 10.2. The van der Waals surface area contributed by atoms with Gasteiger partial charge in [0.2, 0.25) is 0 Å². The quantitative estimate of drug-likeness (QED) is 0.616. The van der Waals surface area contributed by atoms with E-state index in [1.807, 2.05) is 13.0 Å². The van der Waals surface area contributed by atoms with Crippen LogP contribution in [0.5, 0.6) is 5.75 Å². The first-order chi connectivity index (χ1) is 14.5. The summed E-state index contributed by atoms with van der Waals surface area (Å²) in [5, 5.41) is 3.40. The largest absolute Gasteiger partial charge is 0.484 e. The van der Waals surface area contributed by atoms with Gasteiger partial charge in [-0.05, 0) is 55.8 Å². The van der Waals surface area contributed by atoms with Crippen LogP contribution in [0.15, 0.2) is 36.4 Å². The lowest BCUT2D eigenvalue weighted by Crippen LogP contribution is -2.37. The monoisotopic (exact) mass is 468 g/mol. The number of morpholine rings is 1. The number of ether oxygens (including phenoxy) is 3. The fourth-order valence-corrected chi connectivity index (χ4v) is 3.24. The van der Waals surface area contributed by atoms with Crippen molar-refractivity contribution < 1.29 is 23.8 Å². The number of halogens is 2. The molecule has 1 heterocycles. The molecule has 31 heavy (non-hydrogen) atoms. The molecule has 1 fully saturated rings. The van der Waals surface area contributed by atoms with Gasteiger partial charge in [-0.1, -0.05) is 11.6 Å². The van der Waals surface area contributed by atoms with Crippen LogP contribution < -0.4 is 15.0 Å². The molecule has 0 atom stereocenters. The zero-order valence-corrected chi connectivity index (χ0v) is 19.1. The summed E-state index contributed by atoms with van der Waals surface area (Å²) in [7, 11) is 0. The van der Waals surface area contributed by atoms with Crippen LogP contribution in [0.4, 0.5) is 11.4 Å². The van der Waals surface area contributed by atoms with Crippen LogP contribution in [0, 0.1) is 6.92 Å². The first kappa shape index (κ1) is 24.8. The van der Waals surface area contributed by atoms with Crippen molar-refractivity contribution in [1.29, 1.82) is 0 Å². The molecule has 1 amide bonds. The predicted molar refractivity (Wildman–Crippen MR) is 123 cm³/mol. The molecule has 9 heteroatoms. The molecule has 0 unspecified atom stereocenters. The Balaban J connectivity index is 0.00000341. The number of anilines is 2. The van der Waals surface area contributed by atoms with Crippen molar-refractivity contribution in [3.8, 4) is 5.75 Å². The third-order valence-electron chi connectivity index (χ3n) is 4.63. The third-order valence-corrected chi connectivity index (χ3v) is 5.05. The van der Waals surface area contributed by atoms with Crippen LogP contribution >= 0.6 is 24.0 Å². The van der Waals surface area contributed by atoms with Crippen LogP contribution in [0.1, 0.15) is 22.8 Å². The molecule has 2 aromatic rings. The molecule has 0 aliphatic carbocycles. The van der Waals surface area contributed by atoms with Crippen molar-refractivity contribution in [2.75, 3.05) is 49.7 Å². The molecule has 7 nitrogen and oxygen atoms in total. The van der Waals surface area contributed by atoms with Gasteiger partial charge in [-0.15, -0.1) is 12.4 Å². The van der Waals surface area contributed by atoms with Gasteiger partial charge in [0.05, 0.1) is 31.1 Å². The molecule has 0 aromatic heterocycles. The van der Waals surface area contributed by atoms with Crippen molar-refractivity contribution in [2.45, 2.75) is 13.8 Å².